The number of urea groups is 1. The zero-order valence-corrected chi connectivity index (χ0v) is 22.1. The van der Waals surface area contributed by atoms with Crippen LogP contribution in [-0.4, -0.2) is 61.2 Å². The molecule has 0 aliphatic carbocycles. The van der Waals surface area contributed by atoms with Crippen LogP contribution in [0, 0.1) is 11.8 Å². The average Bonchev–Trinajstić information content (AvgIpc) is 3.08. The minimum absolute atomic E-state index is 0.0159. The van der Waals surface area contributed by atoms with Gasteiger partial charge in [-0.25, -0.2) is 4.79 Å². The molecule has 1 heterocycles. The minimum Gasteiger partial charge on any atom is -0.372 e. The Balaban J connectivity index is 2.18. The van der Waals surface area contributed by atoms with Crippen molar-refractivity contribution in [2.24, 2.45) is 0 Å². The molecular weight excluding hydrogens is 521 g/mol. The fourth-order valence-corrected chi connectivity index (χ4v) is 4.70. The van der Waals surface area contributed by atoms with Gasteiger partial charge in [0.05, 0.1) is 17.8 Å². The lowest BCUT2D eigenvalue weighted by Gasteiger charge is -2.27. The van der Waals surface area contributed by atoms with Crippen LogP contribution in [0.3, 0.4) is 0 Å². The molecule has 0 saturated carbocycles. The standard InChI is InChI=1S/C27H30ClF3N4O3/c1-4-32-25(37)33-13-9-10-18-16-20(27(29,30)31)23-22(17-18)35(15-14-34(5-2)6-3)24(36)26(23,38)19-11-7-8-12-21(19)28/h7-8,11-12,16-17,38H,4-6,13-15H2,1-3H3,(H2,32,33,37). The second-order valence-electron chi connectivity index (χ2n) is 8.60. The van der Waals surface area contributed by atoms with Crippen LogP contribution in [0.25, 0.3) is 0 Å². The SMILES string of the molecule is CCNC(=O)NCC#Cc1cc2c(c(C(F)(F)F)c1)C(O)(c1ccccc1Cl)C(=O)N2CCN(CC)CC. The number of aliphatic hydroxyl groups is 1. The maximum Gasteiger partial charge on any atom is 0.416 e. The van der Waals surface area contributed by atoms with E-state index in [2.05, 4.69) is 22.5 Å². The molecule has 0 saturated heterocycles. The summed E-state index contributed by atoms with van der Waals surface area (Å²) in [4.78, 5) is 28.5. The third-order valence-corrected chi connectivity index (χ3v) is 6.67. The molecule has 0 bridgehead atoms. The molecule has 1 aliphatic heterocycles. The Morgan fingerprint density at radius 3 is 2.45 bits per heavy atom. The Morgan fingerprint density at radius 1 is 1.16 bits per heavy atom. The number of carbonyl (C=O) groups is 2. The van der Waals surface area contributed by atoms with Crippen LogP contribution in [0.2, 0.25) is 5.02 Å². The van der Waals surface area contributed by atoms with Crippen LogP contribution in [0.15, 0.2) is 36.4 Å². The van der Waals surface area contributed by atoms with Gasteiger partial charge in [0, 0.05) is 41.3 Å². The first kappa shape index (κ1) is 29.3. The monoisotopic (exact) mass is 550 g/mol. The molecule has 11 heteroatoms. The summed E-state index contributed by atoms with van der Waals surface area (Å²) in [6, 6.07) is 7.53. The number of alkyl halides is 3. The van der Waals surface area contributed by atoms with E-state index in [1.165, 1.54) is 29.2 Å². The molecule has 2 aromatic carbocycles. The number of amides is 3. The fourth-order valence-electron chi connectivity index (χ4n) is 4.43. The number of likely N-dealkylation sites (N-methyl/N-ethyl adjacent to an activating group) is 1. The van der Waals surface area contributed by atoms with Crippen LogP contribution in [0.1, 0.15) is 43.0 Å². The van der Waals surface area contributed by atoms with Crippen molar-refractivity contribution in [1.82, 2.24) is 15.5 Å². The third kappa shape index (κ3) is 5.90. The number of nitrogens with zero attached hydrogens (tertiary/aromatic N) is 2. The van der Waals surface area contributed by atoms with Gasteiger partial charge in [0.15, 0.2) is 5.60 Å². The molecule has 1 atom stereocenters. The van der Waals surface area contributed by atoms with E-state index in [9.17, 15) is 27.9 Å². The van der Waals surface area contributed by atoms with Gasteiger partial charge >= 0.3 is 12.2 Å². The van der Waals surface area contributed by atoms with E-state index in [4.69, 9.17) is 11.6 Å². The molecule has 3 N–H and O–H groups in total. The first-order valence-corrected chi connectivity index (χ1v) is 12.6. The average molecular weight is 551 g/mol. The van der Waals surface area contributed by atoms with Crippen molar-refractivity contribution in [3.63, 3.8) is 0 Å². The van der Waals surface area contributed by atoms with Gasteiger partial charge in [-0.3, -0.25) is 4.79 Å². The minimum atomic E-state index is -4.91. The maximum absolute atomic E-state index is 14.4. The summed E-state index contributed by atoms with van der Waals surface area (Å²) in [6.07, 6.45) is -4.91. The highest BCUT2D eigenvalue weighted by molar-refractivity contribution is 6.32. The predicted octanol–water partition coefficient (Wildman–Crippen LogP) is 3.95. The summed E-state index contributed by atoms with van der Waals surface area (Å²) in [7, 11) is 0. The van der Waals surface area contributed by atoms with Gasteiger partial charge in [-0.1, -0.05) is 55.5 Å². The van der Waals surface area contributed by atoms with Gasteiger partial charge in [0.25, 0.3) is 5.91 Å². The number of hydrogen-bond donors (Lipinski definition) is 3. The largest absolute Gasteiger partial charge is 0.416 e. The number of carbonyl (C=O) groups excluding carboxylic acids is 2. The predicted molar refractivity (Wildman–Crippen MR) is 140 cm³/mol. The molecule has 0 spiro atoms. The molecule has 204 valence electrons. The van der Waals surface area contributed by atoms with Crippen LogP contribution in [0.5, 0.6) is 0 Å². The highest BCUT2D eigenvalue weighted by atomic mass is 35.5. The number of fused-ring (bicyclic) bond motifs is 1. The van der Waals surface area contributed by atoms with Gasteiger partial charge in [0.1, 0.15) is 0 Å². The first-order chi connectivity index (χ1) is 18.0. The quantitative estimate of drug-likeness (QED) is 0.435. The second kappa shape index (κ2) is 12.1. The molecule has 2 aromatic rings. The van der Waals surface area contributed by atoms with E-state index in [0.717, 1.165) is 6.07 Å². The van der Waals surface area contributed by atoms with Crippen LogP contribution in [-0.2, 0) is 16.6 Å². The van der Waals surface area contributed by atoms with E-state index in [-0.39, 0.29) is 34.9 Å². The van der Waals surface area contributed by atoms with Crippen molar-refractivity contribution in [2.75, 3.05) is 44.2 Å². The third-order valence-electron chi connectivity index (χ3n) is 6.34. The first-order valence-electron chi connectivity index (χ1n) is 12.3. The van der Waals surface area contributed by atoms with Crippen molar-refractivity contribution < 1.29 is 27.9 Å². The van der Waals surface area contributed by atoms with Crippen molar-refractivity contribution in [3.05, 3.63) is 63.7 Å². The normalized spacial score (nSPS) is 16.8. The number of halogens is 4. The Labute approximate surface area is 224 Å². The molecule has 0 radical (unpaired) electrons. The molecule has 0 aromatic heterocycles. The molecular formula is C27H30ClF3N4O3. The number of rotatable bonds is 8. The molecule has 3 rings (SSSR count). The molecule has 1 unspecified atom stereocenters. The smallest absolute Gasteiger partial charge is 0.372 e. The highest BCUT2D eigenvalue weighted by Crippen LogP contribution is 2.51. The van der Waals surface area contributed by atoms with Crippen molar-refractivity contribution >= 4 is 29.2 Å². The summed E-state index contributed by atoms with van der Waals surface area (Å²) < 4.78 is 43.3. The van der Waals surface area contributed by atoms with E-state index < -0.39 is 34.8 Å². The molecule has 7 nitrogen and oxygen atoms in total. The molecule has 3 amide bonds. The Kier molecular flexibility index (Phi) is 9.31. The summed E-state index contributed by atoms with van der Waals surface area (Å²) in [6.45, 7) is 7.71. The zero-order chi connectivity index (χ0) is 28.1. The second-order valence-corrected chi connectivity index (χ2v) is 9.01. The number of hydrogen-bond acceptors (Lipinski definition) is 4. The topological polar surface area (TPSA) is 84.9 Å². The zero-order valence-electron chi connectivity index (χ0n) is 21.4. The van der Waals surface area contributed by atoms with Gasteiger partial charge < -0.3 is 25.5 Å². The van der Waals surface area contributed by atoms with E-state index in [1.807, 2.05) is 18.7 Å². The van der Waals surface area contributed by atoms with Gasteiger partial charge in [0.2, 0.25) is 0 Å². The highest BCUT2D eigenvalue weighted by Gasteiger charge is 2.56. The van der Waals surface area contributed by atoms with Crippen LogP contribution in [0.4, 0.5) is 23.7 Å². The lowest BCUT2D eigenvalue weighted by molar-refractivity contribution is -0.142. The van der Waals surface area contributed by atoms with E-state index in [0.29, 0.717) is 26.2 Å². The van der Waals surface area contributed by atoms with Crippen LogP contribution < -0.4 is 15.5 Å². The fraction of sp³-hybridized carbons (Fsp3) is 0.407. The summed E-state index contributed by atoms with van der Waals surface area (Å²) in [5, 5.41) is 16.8. The number of benzene rings is 2. The Bertz CT molecular complexity index is 1250. The van der Waals surface area contributed by atoms with Gasteiger partial charge in [-0.15, -0.1) is 0 Å². The van der Waals surface area contributed by atoms with Gasteiger partial charge in [-0.2, -0.15) is 13.2 Å². The lowest BCUT2D eigenvalue weighted by atomic mass is 9.83. The molecule has 1 aliphatic rings. The molecule has 0 fully saturated rings. The maximum atomic E-state index is 14.4. The number of anilines is 1. The Hall–Kier alpha value is -3.26. The van der Waals surface area contributed by atoms with Crippen molar-refractivity contribution in [3.8, 4) is 11.8 Å². The lowest BCUT2D eigenvalue weighted by Crippen LogP contribution is -2.44. The summed E-state index contributed by atoms with van der Waals surface area (Å²) in [5.74, 6) is 4.35. The summed E-state index contributed by atoms with van der Waals surface area (Å²) in [5.41, 5.74) is -4.63. The van der Waals surface area contributed by atoms with E-state index in [1.54, 1.807) is 13.0 Å². The molecule has 38 heavy (non-hydrogen) atoms. The summed E-state index contributed by atoms with van der Waals surface area (Å²) >= 11 is 6.29. The van der Waals surface area contributed by atoms with Crippen molar-refractivity contribution in [2.45, 2.75) is 32.5 Å². The number of nitrogens with one attached hydrogen (secondary N) is 2. The van der Waals surface area contributed by atoms with E-state index >= 15 is 0 Å². The van der Waals surface area contributed by atoms with Crippen LogP contribution >= 0.6 is 11.6 Å². The van der Waals surface area contributed by atoms with Crippen molar-refractivity contribution in [1.29, 1.82) is 0 Å². The van der Waals surface area contributed by atoms with Gasteiger partial charge in [-0.05, 0) is 38.2 Å². The Morgan fingerprint density at radius 2 is 1.84 bits per heavy atom.